The molecule has 0 aliphatic rings. The average molecular weight is 443 g/mol. The van der Waals surface area contributed by atoms with E-state index in [9.17, 15) is 0 Å². The molecule has 0 saturated carbocycles. The summed E-state index contributed by atoms with van der Waals surface area (Å²) in [7, 11) is 0. The van der Waals surface area contributed by atoms with Crippen LogP contribution < -0.4 is 0 Å². The van der Waals surface area contributed by atoms with Gasteiger partial charge in [0.2, 0.25) is 0 Å². The van der Waals surface area contributed by atoms with Crippen molar-refractivity contribution in [1.82, 2.24) is 9.97 Å². The first-order valence-corrected chi connectivity index (χ1v) is 10.7. The van der Waals surface area contributed by atoms with Crippen LogP contribution in [0.1, 0.15) is 60.8 Å². The largest absolute Gasteiger partial charge is 0.232 e. The van der Waals surface area contributed by atoms with Gasteiger partial charge in [-0.1, -0.05) is 56.4 Å². The molecule has 2 nitrogen and oxygen atoms in total. The predicted octanol–water partition coefficient (Wildman–Crippen LogP) is 6.16. The zero-order valence-electron chi connectivity index (χ0n) is 16.6. The van der Waals surface area contributed by atoms with Crippen molar-refractivity contribution in [3.05, 3.63) is 93.5 Å². The minimum absolute atomic E-state index is 0.681. The van der Waals surface area contributed by atoms with Crippen molar-refractivity contribution in [2.75, 3.05) is 0 Å². The molecule has 0 spiro atoms. The first-order valence-electron chi connectivity index (χ1n) is 9.95. The fourth-order valence-corrected chi connectivity index (χ4v) is 3.17. The molecule has 0 amide bonds. The SMILES string of the molecule is CCCCCCc1ccc(C#Cc2cccc(C#Cc3cccc(Br)n3)n2)cc1. The van der Waals surface area contributed by atoms with Crippen molar-refractivity contribution in [2.24, 2.45) is 0 Å². The molecule has 0 fully saturated rings. The summed E-state index contributed by atoms with van der Waals surface area (Å²) in [6, 6.07) is 19.9. The number of nitrogens with zero attached hydrogens (tertiary/aromatic N) is 2. The summed E-state index contributed by atoms with van der Waals surface area (Å²) in [6.45, 7) is 2.24. The molecule has 2 aromatic heterocycles. The van der Waals surface area contributed by atoms with Crippen LogP contribution in [-0.2, 0) is 6.42 Å². The van der Waals surface area contributed by atoms with Crippen LogP contribution in [0.5, 0.6) is 0 Å². The van der Waals surface area contributed by atoms with E-state index in [4.69, 9.17) is 0 Å². The fraction of sp³-hybridized carbons (Fsp3) is 0.231. The molecule has 29 heavy (non-hydrogen) atoms. The lowest BCUT2D eigenvalue weighted by molar-refractivity contribution is 0.667. The second-order valence-electron chi connectivity index (χ2n) is 6.76. The van der Waals surface area contributed by atoms with E-state index in [1.165, 1.54) is 31.2 Å². The minimum atomic E-state index is 0.681. The summed E-state index contributed by atoms with van der Waals surface area (Å²) in [5.74, 6) is 12.4. The van der Waals surface area contributed by atoms with Crippen LogP contribution in [0.2, 0.25) is 0 Å². The van der Waals surface area contributed by atoms with Gasteiger partial charge in [0.1, 0.15) is 21.7 Å². The second kappa shape index (κ2) is 11.2. The molecule has 3 aromatic rings. The highest BCUT2D eigenvalue weighted by Gasteiger charge is 1.96. The van der Waals surface area contributed by atoms with Gasteiger partial charge < -0.3 is 0 Å². The number of benzene rings is 1. The minimum Gasteiger partial charge on any atom is -0.232 e. The Hall–Kier alpha value is -2.88. The molecule has 1 aromatic carbocycles. The Kier molecular flexibility index (Phi) is 8.05. The molecular weight excluding hydrogens is 420 g/mol. The summed E-state index contributed by atoms with van der Waals surface area (Å²) in [5.41, 5.74) is 4.47. The summed E-state index contributed by atoms with van der Waals surface area (Å²) in [5, 5.41) is 0. The Morgan fingerprint density at radius 1 is 0.690 bits per heavy atom. The molecule has 0 saturated heterocycles. The highest BCUT2D eigenvalue weighted by molar-refractivity contribution is 9.10. The Bertz CT molecular complexity index is 1060. The lowest BCUT2D eigenvalue weighted by Gasteiger charge is -2.01. The van der Waals surface area contributed by atoms with Crippen molar-refractivity contribution in [1.29, 1.82) is 0 Å². The molecule has 144 valence electrons. The van der Waals surface area contributed by atoms with Crippen LogP contribution in [0.25, 0.3) is 0 Å². The van der Waals surface area contributed by atoms with Gasteiger partial charge in [-0.15, -0.1) is 0 Å². The number of aryl methyl sites for hydroxylation is 1. The zero-order chi connectivity index (χ0) is 20.3. The molecule has 2 heterocycles. The number of unbranched alkanes of at least 4 members (excludes halogenated alkanes) is 3. The second-order valence-corrected chi connectivity index (χ2v) is 7.57. The highest BCUT2D eigenvalue weighted by atomic mass is 79.9. The lowest BCUT2D eigenvalue weighted by atomic mass is 10.0. The zero-order valence-corrected chi connectivity index (χ0v) is 18.2. The predicted molar refractivity (Wildman–Crippen MR) is 122 cm³/mol. The van der Waals surface area contributed by atoms with E-state index < -0.39 is 0 Å². The molecule has 0 N–H and O–H groups in total. The van der Waals surface area contributed by atoms with Gasteiger partial charge in [-0.05, 0) is 88.5 Å². The van der Waals surface area contributed by atoms with E-state index in [1.54, 1.807) is 0 Å². The summed E-state index contributed by atoms with van der Waals surface area (Å²) in [6.07, 6.45) is 6.30. The first kappa shape index (κ1) is 20.8. The van der Waals surface area contributed by atoms with E-state index >= 15 is 0 Å². The maximum atomic E-state index is 4.51. The van der Waals surface area contributed by atoms with E-state index in [2.05, 4.69) is 80.8 Å². The van der Waals surface area contributed by atoms with Gasteiger partial charge in [-0.3, -0.25) is 0 Å². The monoisotopic (exact) mass is 442 g/mol. The van der Waals surface area contributed by atoms with E-state index in [0.29, 0.717) is 17.1 Å². The van der Waals surface area contributed by atoms with Crippen molar-refractivity contribution in [2.45, 2.75) is 39.0 Å². The number of pyridine rings is 2. The summed E-state index contributed by atoms with van der Waals surface area (Å²) < 4.78 is 0.767. The Morgan fingerprint density at radius 2 is 1.31 bits per heavy atom. The number of aromatic nitrogens is 2. The van der Waals surface area contributed by atoms with Crippen molar-refractivity contribution >= 4 is 15.9 Å². The van der Waals surface area contributed by atoms with Crippen LogP contribution >= 0.6 is 15.9 Å². The van der Waals surface area contributed by atoms with Crippen LogP contribution in [0.3, 0.4) is 0 Å². The molecule has 0 unspecified atom stereocenters. The van der Waals surface area contributed by atoms with Gasteiger partial charge >= 0.3 is 0 Å². The molecule has 0 aliphatic heterocycles. The van der Waals surface area contributed by atoms with E-state index in [-0.39, 0.29) is 0 Å². The number of rotatable bonds is 5. The molecular formula is C26H23BrN2. The third-order valence-electron chi connectivity index (χ3n) is 4.39. The molecule has 0 atom stereocenters. The van der Waals surface area contributed by atoms with Crippen LogP contribution in [0.4, 0.5) is 0 Å². The number of hydrogen-bond donors (Lipinski definition) is 0. The summed E-state index contributed by atoms with van der Waals surface area (Å²) in [4.78, 5) is 8.82. The van der Waals surface area contributed by atoms with Gasteiger partial charge in [0, 0.05) is 5.56 Å². The van der Waals surface area contributed by atoms with Gasteiger partial charge in [-0.2, -0.15) is 0 Å². The van der Waals surface area contributed by atoms with Crippen LogP contribution in [0, 0.1) is 23.7 Å². The molecule has 0 radical (unpaired) electrons. The third kappa shape index (κ3) is 7.22. The fourth-order valence-electron chi connectivity index (χ4n) is 2.83. The van der Waals surface area contributed by atoms with Crippen LogP contribution in [-0.4, -0.2) is 9.97 Å². The Balaban J connectivity index is 1.64. The van der Waals surface area contributed by atoms with Crippen molar-refractivity contribution < 1.29 is 0 Å². The van der Waals surface area contributed by atoms with Gasteiger partial charge in [0.25, 0.3) is 0 Å². The number of hydrogen-bond acceptors (Lipinski definition) is 2. The molecule has 0 aliphatic carbocycles. The standard InChI is InChI=1S/C26H23BrN2/c1-2-3-4-5-8-21-13-15-22(16-14-21)17-18-23-9-6-10-24(28-23)19-20-25-11-7-12-26(27)29-25/h6-7,9-16H,2-5,8H2,1H3. The molecule has 3 heteroatoms. The quantitative estimate of drug-likeness (QED) is 0.268. The molecule has 0 bridgehead atoms. The van der Waals surface area contributed by atoms with Gasteiger partial charge in [0.05, 0.1) is 0 Å². The Morgan fingerprint density at radius 3 is 1.97 bits per heavy atom. The van der Waals surface area contributed by atoms with Crippen molar-refractivity contribution in [3.63, 3.8) is 0 Å². The normalized spacial score (nSPS) is 9.86. The van der Waals surface area contributed by atoms with E-state index in [0.717, 1.165) is 16.6 Å². The topological polar surface area (TPSA) is 25.8 Å². The first-order chi connectivity index (χ1) is 14.2. The third-order valence-corrected chi connectivity index (χ3v) is 4.83. The summed E-state index contributed by atoms with van der Waals surface area (Å²) >= 11 is 3.35. The van der Waals surface area contributed by atoms with Crippen molar-refractivity contribution in [3.8, 4) is 23.7 Å². The average Bonchev–Trinajstić information content (AvgIpc) is 2.75. The smallest absolute Gasteiger partial charge is 0.115 e. The van der Waals surface area contributed by atoms with Gasteiger partial charge in [-0.25, -0.2) is 9.97 Å². The maximum absolute atomic E-state index is 4.51. The van der Waals surface area contributed by atoms with Crippen LogP contribution in [0.15, 0.2) is 65.3 Å². The highest BCUT2D eigenvalue weighted by Crippen LogP contribution is 2.10. The lowest BCUT2D eigenvalue weighted by Crippen LogP contribution is -1.88. The molecule has 3 rings (SSSR count). The van der Waals surface area contributed by atoms with E-state index in [1.807, 2.05) is 36.4 Å². The maximum Gasteiger partial charge on any atom is 0.115 e. The number of halogens is 1. The van der Waals surface area contributed by atoms with Gasteiger partial charge in [0.15, 0.2) is 0 Å². The Labute approximate surface area is 182 Å².